The van der Waals surface area contributed by atoms with Crippen molar-refractivity contribution in [1.82, 2.24) is 10.6 Å². The van der Waals surface area contributed by atoms with E-state index in [1.165, 1.54) is 0 Å². The van der Waals surface area contributed by atoms with Gasteiger partial charge in [-0.05, 0) is 28.3 Å². The molecular weight excluding hydrogens is 557 g/mol. The van der Waals surface area contributed by atoms with Gasteiger partial charge in [-0.1, -0.05) is 164 Å². The lowest BCUT2D eigenvalue weighted by Crippen LogP contribution is -2.33. The van der Waals surface area contributed by atoms with Crippen molar-refractivity contribution < 1.29 is 10.2 Å². The van der Waals surface area contributed by atoms with Crippen LogP contribution in [0.15, 0.2) is 146 Å². The van der Waals surface area contributed by atoms with Gasteiger partial charge >= 0.3 is 0 Å². The zero-order chi connectivity index (χ0) is 29.3. The Bertz CT molecular complexity index is 1480. The van der Waals surface area contributed by atoms with E-state index in [4.69, 9.17) is 24.4 Å². The highest BCUT2D eigenvalue weighted by Crippen LogP contribution is 2.31. The standard InChI is InChI=1S/C36H32N2O2S2/c39-33(27-18-9-3-10-19-27)31(25-14-5-1-6-15-25)37-35(41)29-22-13-23-30(24-29)36(42)38-32(26-16-7-2-8-17-26)34(40)28-20-11-4-12-21-28/h1-24,31-34,39-40H,(H,37,41)(H,38,42)/t31-,32-,33+,34+/m1/s1. The normalized spacial score (nSPS) is 13.8. The molecule has 5 rings (SSSR count). The van der Waals surface area contributed by atoms with Gasteiger partial charge in [-0.3, -0.25) is 0 Å². The summed E-state index contributed by atoms with van der Waals surface area (Å²) in [6.07, 6.45) is -1.63. The first kappa shape index (κ1) is 29.3. The molecule has 5 aromatic carbocycles. The number of benzene rings is 5. The largest absolute Gasteiger partial charge is 0.386 e. The summed E-state index contributed by atoms with van der Waals surface area (Å²) in [7, 11) is 0. The molecule has 0 aromatic heterocycles. The van der Waals surface area contributed by atoms with Crippen molar-refractivity contribution in [3.8, 4) is 0 Å². The van der Waals surface area contributed by atoms with Gasteiger partial charge in [-0.25, -0.2) is 0 Å². The van der Waals surface area contributed by atoms with Gasteiger partial charge in [-0.15, -0.1) is 0 Å². The predicted octanol–water partition coefficient (Wildman–Crippen LogP) is 7.17. The third-order valence-corrected chi connectivity index (χ3v) is 7.90. The molecule has 0 radical (unpaired) electrons. The minimum absolute atomic E-state index is 0.460. The third kappa shape index (κ3) is 7.16. The first-order chi connectivity index (χ1) is 20.5. The summed E-state index contributed by atoms with van der Waals surface area (Å²) in [5.74, 6) is 0. The van der Waals surface area contributed by atoms with E-state index in [-0.39, 0.29) is 0 Å². The van der Waals surface area contributed by atoms with Crippen LogP contribution in [-0.2, 0) is 0 Å². The van der Waals surface area contributed by atoms with Crippen LogP contribution in [0.25, 0.3) is 0 Å². The van der Waals surface area contributed by atoms with E-state index in [9.17, 15) is 10.2 Å². The molecule has 0 unspecified atom stereocenters. The molecule has 4 atom stereocenters. The van der Waals surface area contributed by atoms with Crippen molar-refractivity contribution in [3.63, 3.8) is 0 Å². The molecular formula is C36H32N2O2S2. The van der Waals surface area contributed by atoms with E-state index in [1.54, 1.807) is 0 Å². The monoisotopic (exact) mass is 588 g/mol. The lowest BCUT2D eigenvalue weighted by molar-refractivity contribution is 0.138. The minimum Gasteiger partial charge on any atom is -0.386 e. The lowest BCUT2D eigenvalue weighted by Gasteiger charge is -2.27. The van der Waals surface area contributed by atoms with E-state index in [2.05, 4.69) is 10.6 Å². The summed E-state index contributed by atoms with van der Waals surface area (Å²) in [6.45, 7) is 0. The molecule has 6 heteroatoms. The summed E-state index contributed by atoms with van der Waals surface area (Å²) < 4.78 is 0. The van der Waals surface area contributed by atoms with Crippen molar-refractivity contribution in [3.05, 3.63) is 179 Å². The summed E-state index contributed by atoms with van der Waals surface area (Å²) in [6, 6.07) is 45.5. The van der Waals surface area contributed by atoms with E-state index >= 15 is 0 Å². The zero-order valence-corrected chi connectivity index (χ0v) is 24.5. The Hall–Kier alpha value is -4.20. The topological polar surface area (TPSA) is 64.5 Å². The molecule has 0 bridgehead atoms. The summed E-state index contributed by atoms with van der Waals surface area (Å²) in [4.78, 5) is 0.986. The van der Waals surface area contributed by atoms with Crippen LogP contribution in [0.4, 0.5) is 0 Å². The molecule has 0 saturated heterocycles. The highest BCUT2D eigenvalue weighted by molar-refractivity contribution is 7.81. The number of thiocarbonyl (C=S) groups is 2. The number of rotatable bonds is 10. The van der Waals surface area contributed by atoms with Gasteiger partial charge in [0.2, 0.25) is 0 Å². The molecule has 42 heavy (non-hydrogen) atoms. The maximum atomic E-state index is 11.3. The number of hydrogen-bond acceptors (Lipinski definition) is 4. The SMILES string of the molecule is O[C@@H](c1ccccc1)[C@H](NC(=S)c1cccc(C(=S)N[C@H](c2ccccc2)[C@@H](O)c2ccccc2)c1)c1ccccc1. The highest BCUT2D eigenvalue weighted by atomic mass is 32.1. The Morgan fingerprint density at radius 1 is 0.429 bits per heavy atom. The van der Waals surface area contributed by atoms with Gasteiger partial charge in [0.1, 0.15) is 22.2 Å². The average molecular weight is 589 g/mol. The van der Waals surface area contributed by atoms with E-state index in [0.29, 0.717) is 9.98 Å². The molecule has 0 heterocycles. The maximum Gasteiger partial charge on any atom is 0.107 e. The minimum atomic E-state index is -0.816. The van der Waals surface area contributed by atoms with Crippen LogP contribution in [0, 0.1) is 0 Å². The Balaban J connectivity index is 1.38. The number of aliphatic hydroxyl groups excluding tert-OH is 2. The van der Waals surface area contributed by atoms with Crippen LogP contribution in [0.2, 0.25) is 0 Å². The molecule has 210 valence electrons. The fourth-order valence-corrected chi connectivity index (χ4v) is 5.45. The third-order valence-electron chi connectivity index (χ3n) is 7.19. The highest BCUT2D eigenvalue weighted by Gasteiger charge is 2.25. The Labute approximate surface area is 257 Å². The molecule has 0 aliphatic carbocycles. The molecule has 0 amide bonds. The molecule has 0 fully saturated rings. The van der Waals surface area contributed by atoms with Crippen molar-refractivity contribution in [1.29, 1.82) is 0 Å². The fraction of sp³-hybridized carbons (Fsp3) is 0.111. The molecule has 4 N–H and O–H groups in total. The van der Waals surface area contributed by atoms with E-state index in [1.807, 2.05) is 146 Å². The van der Waals surface area contributed by atoms with Gasteiger partial charge in [0.15, 0.2) is 0 Å². The molecule has 0 aliphatic heterocycles. The quantitative estimate of drug-likeness (QED) is 0.130. The maximum absolute atomic E-state index is 11.3. The van der Waals surface area contributed by atoms with E-state index in [0.717, 1.165) is 33.4 Å². The summed E-state index contributed by atoms with van der Waals surface area (Å²) in [5.41, 5.74) is 4.98. The van der Waals surface area contributed by atoms with Crippen LogP contribution in [0.3, 0.4) is 0 Å². The molecule has 0 aliphatic rings. The Kier molecular flexibility index (Phi) is 9.85. The van der Waals surface area contributed by atoms with Crippen molar-refractivity contribution in [2.24, 2.45) is 0 Å². The second-order valence-electron chi connectivity index (χ2n) is 10.0. The van der Waals surface area contributed by atoms with Gasteiger partial charge in [0, 0.05) is 11.1 Å². The fourth-order valence-electron chi connectivity index (χ4n) is 4.95. The van der Waals surface area contributed by atoms with Crippen molar-refractivity contribution >= 4 is 34.4 Å². The van der Waals surface area contributed by atoms with E-state index < -0.39 is 24.3 Å². The average Bonchev–Trinajstić information content (AvgIpc) is 3.07. The zero-order valence-electron chi connectivity index (χ0n) is 22.9. The first-order valence-corrected chi connectivity index (χ1v) is 14.6. The molecule has 0 spiro atoms. The Morgan fingerprint density at radius 2 is 0.738 bits per heavy atom. The Morgan fingerprint density at radius 3 is 1.07 bits per heavy atom. The molecule has 5 aromatic rings. The van der Waals surface area contributed by atoms with Crippen LogP contribution >= 0.6 is 24.4 Å². The van der Waals surface area contributed by atoms with Gasteiger partial charge in [0.05, 0.1) is 12.1 Å². The van der Waals surface area contributed by atoms with Crippen molar-refractivity contribution in [2.45, 2.75) is 24.3 Å². The van der Waals surface area contributed by atoms with Gasteiger partial charge in [-0.2, -0.15) is 0 Å². The van der Waals surface area contributed by atoms with Crippen LogP contribution in [0.5, 0.6) is 0 Å². The number of aliphatic hydroxyl groups is 2. The van der Waals surface area contributed by atoms with Crippen LogP contribution in [0.1, 0.15) is 57.7 Å². The second kappa shape index (κ2) is 14.1. The molecule has 0 saturated carbocycles. The predicted molar refractivity (Wildman–Crippen MR) is 177 cm³/mol. The van der Waals surface area contributed by atoms with Gasteiger partial charge in [0.25, 0.3) is 0 Å². The summed E-state index contributed by atoms with van der Waals surface area (Å²) in [5, 5.41) is 29.5. The first-order valence-electron chi connectivity index (χ1n) is 13.8. The van der Waals surface area contributed by atoms with Gasteiger partial charge < -0.3 is 20.8 Å². The molecule has 4 nitrogen and oxygen atoms in total. The van der Waals surface area contributed by atoms with Crippen molar-refractivity contribution in [2.75, 3.05) is 0 Å². The smallest absolute Gasteiger partial charge is 0.107 e. The summed E-state index contributed by atoms with van der Waals surface area (Å²) >= 11 is 11.7. The van der Waals surface area contributed by atoms with Crippen LogP contribution < -0.4 is 10.6 Å². The number of nitrogens with one attached hydrogen (secondary N) is 2. The lowest BCUT2D eigenvalue weighted by atomic mass is 9.95. The van der Waals surface area contributed by atoms with Crippen LogP contribution in [-0.4, -0.2) is 20.2 Å². The second-order valence-corrected chi connectivity index (χ2v) is 10.8. The number of hydrogen-bond donors (Lipinski definition) is 4.